The maximum absolute atomic E-state index is 8.81. The van der Waals surface area contributed by atoms with Crippen molar-refractivity contribution in [2.45, 2.75) is 18.9 Å². The highest BCUT2D eigenvalue weighted by atomic mass is 15.2. The van der Waals surface area contributed by atoms with Crippen LogP contribution in [0.3, 0.4) is 0 Å². The fourth-order valence-corrected chi connectivity index (χ4v) is 3.60. The van der Waals surface area contributed by atoms with Crippen LogP contribution in [0.1, 0.15) is 30.1 Å². The second-order valence-electron chi connectivity index (χ2n) is 7.05. The van der Waals surface area contributed by atoms with Gasteiger partial charge in [-0.1, -0.05) is 30.3 Å². The van der Waals surface area contributed by atoms with Crippen molar-refractivity contribution in [3.63, 3.8) is 0 Å². The van der Waals surface area contributed by atoms with E-state index < -0.39 is 0 Å². The van der Waals surface area contributed by atoms with E-state index in [1.807, 2.05) is 30.3 Å². The number of benzene rings is 1. The van der Waals surface area contributed by atoms with Crippen LogP contribution in [0, 0.1) is 17.2 Å². The topological polar surface area (TPSA) is 117 Å². The van der Waals surface area contributed by atoms with Crippen LogP contribution in [0.4, 0.5) is 17.5 Å². The first-order valence-corrected chi connectivity index (χ1v) is 9.59. The van der Waals surface area contributed by atoms with Crippen LogP contribution in [0.2, 0.25) is 0 Å². The fraction of sp³-hybridized carbons (Fsp3) is 0.286. The summed E-state index contributed by atoms with van der Waals surface area (Å²) in [5, 5.41) is 11.9. The number of nitrogens with zero attached hydrogens (tertiary/aromatic N) is 6. The Morgan fingerprint density at radius 3 is 2.52 bits per heavy atom. The normalized spacial score (nSPS) is 15.5. The van der Waals surface area contributed by atoms with Crippen molar-refractivity contribution < 1.29 is 0 Å². The number of nitrogens with two attached hydrogens (primary N) is 1. The van der Waals surface area contributed by atoms with E-state index in [1.54, 1.807) is 0 Å². The van der Waals surface area contributed by atoms with E-state index in [2.05, 4.69) is 42.3 Å². The van der Waals surface area contributed by atoms with Gasteiger partial charge in [0.2, 0.25) is 0 Å². The minimum absolute atomic E-state index is 0.0657. The fourth-order valence-electron chi connectivity index (χ4n) is 3.60. The van der Waals surface area contributed by atoms with Gasteiger partial charge >= 0.3 is 0 Å². The molecule has 4 rings (SSSR count). The van der Waals surface area contributed by atoms with Gasteiger partial charge in [0.25, 0.3) is 0 Å². The first-order valence-electron chi connectivity index (χ1n) is 9.59. The SMILES string of the molecule is N#Cc1cnc(Nc2cc(N3CCC(C(N)c4ccccc4)CC3)ncn2)cn1. The predicted molar refractivity (Wildman–Crippen MR) is 110 cm³/mol. The minimum atomic E-state index is 0.0657. The second kappa shape index (κ2) is 8.63. The second-order valence-corrected chi connectivity index (χ2v) is 7.05. The molecule has 3 aromatic rings. The molecule has 3 N–H and O–H groups in total. The molecule has 0 spiro atoms. The van der Waals surface area contributed by atoms with E-state index in [1.165, 1.54) is 24.3 Å². The van der Waals surface area contributed by atoms with Crippen LogP contribution < -0.4 is 16.0 Å². The Kier molecular flexibility index (Phi) is 5.59. The first kappa shape index (κ1) is 18.8. The molecule has 8 nitrogen and oxygen atoms in total. The third-order valence-electron chi connectivity index (χ3n) is 5.23. The monoisotopic (exact) mass is 386 g/mol. The highest BCUT2D eigenvalue weighted by molar-refractivity contribution is 5.56. The van der Waals surface area contributed by atoms with Crippen LogP contribution in [0.15, 0.2) is 55.1 Å². The summed E-state index contributed by atoms with van der Waals surface area (Å²) in [6, 6.07) is 14.2. The van der Waals surface area contributed by atoms with Crippen molar-refractivity contribution in [1.82, 2.24) is 19.9 Å². The number of hydrogen-bond donors (Lipinski definition) is 2. The van der Waals surface area contributed by atoms with Gasteiger partial charge < -0.3 is 16.0 Å². The molecule has 1 atom stereocenters. The molecule has 29 heavy (non-hydrogen) atoms. The van der Waals surface area contributed by atoms with Gasteiger partial charge in [0.1, 0.15) is 29.9 Å². The summed E-state index contributed by atoms with van der Waals surface area (Å²) in [6.45, 7) is 1.80. The smallest absolute Gasteiger partial charge is 0.158 e. The van der Waals surface area contributed by atoms with E-state index in [-0.39, 0.29) is 11.7 Å². The van der Waals surface area contributed by atoms with Gasteiger partial charge in [-0.3, -0.25) is 0 Å². The maximum Gasteiger partial charge on any atom is 0.158 e. The van der Waals surface area contributed by atoms with Crippen molar-refractivity contribution in [1.29, 1.82) is 5.26 Å². The van der Waals surface area contributed by atoms with Crippen molar-refractivity contribution in [2.75, 3.05) is 23.3 Å². The summed E-state index contributed by atoms with van der Waals surface area (Å²) in [5.74, 6) is 2.50. The molecule has 1 aliphatic heterocycles. The van der Waals surface area contributed by atoms with Crippen molar-refractivity contribution in [2.24, 2.45) is 11.7 Å². The summed E-state index contributed by atoms with van der Waals surface area (Å²) >= 11 is 0. The molecule has 0 bridgehead atoms. The number of rotatable bonds is 5. The Morgan fingerprint density at radius 1 is 1.03 bits per heavy atom. The third kappa shape index (κ3) is 4.47. The van der Waals surface area contributed by atoms with Gasteiger partial charge in [0.05, 0.1) is 12.4 Å². The molecule has 1 fully saturated rings. The van der Waals surface area contributed by atoms with E-state index in [0.29, 0.717) is 17.6 Å². The first-order chi connectivity index (χ1) is 14.2. The molecule has 0 amide bonds. The number of piperidine rings is 1. The number of nitriles is 1. The molecule has 8 heteroatoms. The molecule has 146 valence electrons. The van der Waals surface area contributed by atoms with Crippen molar-refractivity contribution in [3.8, 4) is 6.07 Å². The number of nitrogens with one attached hydrogen (secondary N) is 1. The average molecular weight is 386 g/mol. The zero-order valence-electron chi connectivity index (χ0n) is 15.9. The molecule has 3 heterocycles. The van der Waals surface area contributed by atoms with Gasteiger partial charge in [-0.05, 0) is 24.3 Å². The molecule has 1 unspecified atom stereocenters. The lowest BCUT2D eigenvalue weighted by molar-refractivity contribution is 0.344. The summed E-state index contributed by atoms with van der Waals surface area (Å²) < 4.78 is 0. The van der Waals surface area contributed by atoms with Gasteiger partial charge in [0.15, 0.2) is 5.69 Å². The quantitative estimate of drug-likeness (QED) is 0.687. The number of anilines is 3. The standard InChI is InChI=1S/C21H22N8/c22-11-17-12-25-19(13-24-17)28-18-10-20(27-14-26-18)29-8-6-16(7-9-29)21(23)15-4-2-1-3-5-15/h1-5,10,12-14,16,21H,6-9,23H2,(H,25,26,27,28). The Labute approximate surface area is 169 Å². The molecular formula is C21H22N8. The van der Waals surface area contributed by atoms with E-state index in [4.69, 9.17) is 11.0 Å². The van der Waals surface area contributed by atoms with Crippen LogP contribution in [-0.4, -0.2) is 33.0 Å². The molecule has 0 radical (unpaired) electrons. The van der Waals surface area contributed by atoms with Gasteiger partial charge in [-0.2, -0.15) is 5.26 Å². The Hall–Kier alpha value is -3.57. The number of aromatic nitrogens is 4. The molecular weight excluding hydrogens is 364 g/mol. The van der Waals surface area contributed by atoms with E-state index >= 15 is 0 Å². The third-order valence-corrected chi connectivity index (χ3v) is 5.23. The van der Waals surface area contributed by atoms with Crippen LogP contribution >= 0.6 is 0 Å². The van der Waals surface area contributed by atoms with E-state index in [0.717, 1.165) is 31.7 Å². The number of hydrogen-bond acceptors (Lipinski definition) is 8. The summed E-state index contributed by atoms with van der Waals surface area (Å²) in [5.41, 5.74) is 7.97. The van der Waals surface area contributed by atoms with Crippen molar-refractivity contribution >= 4 is 17.5 Å². The highest BCUT2D eigenvalue weighted by Crippen LogP contribution is 2.30. The lowest BCUT2D eigenvalue weighted by Gasteiger charge is -2.35. The van der Waals surface area contributed by atoms with Crippen LogP contribution in [-0.2, 0) is 0 Å². The van der Waals surface area contributed by atoms with Crippen molar-refractivity contribution in [3.05, 3.63) is 66.4 Å². The summed E-state index contributed by atoms with van der Waals surface area (Å²) in [6.07, 6.45) is 6.51. The Balaban J connectivity index is 1.38. The van der Waals surface area contributed by atoms with Gasteiger partial charge in [0, 0.05) is 25.2 Å². The zero-order chi connectivity index (χ0) is 20.1. The lowest BCUT2D eigenvalue weighted by atomic mass is 9.86. The highest BCUT2D eigenvalue weighted by Gasteiger charge is 2.26. The summed E-state index contributed by atoms with van der Waals surface area (Å²) in [4.78, 5) is 19.1. The average Bonchev–Trinajstić information content (AvgIpc) is 2.80. The molecule has 1 aliphatic rings. The lowest BCUT2D eigenvalue weighted by Crippen LogP contribution is -2.38. The van der Waals surface area contributed by atoms with Crippen LogP contribution in [0.25, 0.3) is 0 Å². The Morgan fingerprint density at radius 2 is 1.83 bits per heavy atom. The molecule has 0 saturated carbocycles. The largest absolute Gasteiger partial charge is 0.356 e. The molecule has 1 saturated heterocycles. The van der Waals surface area contributed by atoms with Gasteiger partial charge in [-0.25, -0.2) is 19.9 Å². The minimum Gasteiger partial charge on any atom is -0.356 e. The molecule has 2 aromatic heterocycles. The predicted octanol–water partition coefficient (Wildman–Crippen LogP) is 2.80. The van der Waals surface area contributed by atoms with Crippen LogP contribution in [0.5, 0.6) is 0 Å². The van der Waals surface area contributed by atoms with Gasteiger partial charge in [-0.15, -0.1) is 0 Å². The van der Waals surface area contributed by atoms with E-state index in [9.17, 15) is 0 Å². The zero-order valence-corrected chi connectivity index (χ0v) is 15.9. The Bertz CT molecular complexity index is 976. The maximum atomic E-state index is 8.81. The summed E-state index contributed by atoms with van der Waals surface area (Å²) in [7, 11) is 0. The molecule has 0 aliphatic carbocycles. The molecule has 1 aromatic carbocycles.